The summed E-state index contributed by atoms with van der Waals surface area (Å²) >= 11 is 0. The molecule has 0 aliphatic carbocycles. The maximum atomic E-state index is 12.1. The van der Waals surface area contributed by atoms with Crippen LogP contribution >= 0.6 is 0 Å². The van der Waals surface area contributed by atoms with Crippen molar-refractivity contribution in [1.82, 2.24) is 0 Å². The zero-order valence-electron chi connectivity index (χ0n) is 11.8. The van der Waals surface area contributed by atoms with Crippen molar-refractivity contribution in [3.05, 3.63) is 74.8 Å². The van der Waals surface area contributed by atoms with E-state index in [2.05, 4.69) is 0 Å². The minimum atomic E-state index is -0.558. The normalized spacial score (nSPS) is 10.2. The van der Waals surface area contributed by atoms with E-state index >= 15 is 0 Å². The fourth-order valence-electron chi connectivity index (χ4n) is 2.07. The number of benzene rings is 2. The minimum absolute atomic E-state index is 0.0833. The lowest BCUT2D eigenvalue weighted by Crippen LogP contribution is -2.08. The number of carbonyl (C=O) groups is 1. The molecule has 21 heavy (non-hydrogen) atoms. The SMILES string of the molecule is Cc1cccc(COC(=O)c2cccc([N+](=O)[O-])c2C)c1. The molecule has 5 nitrogen and oxygen atoms in total. The van der Waals surface area contributed by atoms with E-state index in [1.54, 1.807) is 6.92 Å². The van der Waals surface area contributed by atoms with Crippen molar-refractivity contribution in [2.24, 2.45) is 0 Å². The standard InChI is InChI=1S/C16H15NO4/c1-11-5-3-6-13(9-11)10-21-16(18)14-7-4-8-15(12(14)2)17(19)20/h3-9H,10H2,1-2H3. The van der Waals surface area contributed by atoms with Crippen LogP contribution in [0.3, 0.4) is 0 Å². The lowest BCUT2D eigenvalue weighted by Gasteiger charge is -2.08. The van der Waals surface area contributed by atoms with Crippen LogP contribution in [0.5, 0.6) is 0 Å². The Morgan fingerprint density at radius 2 is 1.90 bits per heavy atom. The molecule has 0 aliphatic heterocycles. The Hall–Kier alpha value is -2.69. The Morgan fingerprint density at radius 3 is 2.57 bits per heavy atom. The van der Waals surface area contributed by atoms with Gasteiger partial charge in [0.15, 0.2) is 0 Å². The van der Waals surface area contributed by atoms with Crippen LogP contribution in [-0.4, -0.2) is 10.9 Å². The predicted molar refractivity (Wildman–Crippen MR) is 78.1 cm³/mol. The molecule has 0 radical (unpaired) electrons. The van der Waals surface area contributed by atoms with Crippen LogP contribution in [0.4, 0.5) is 5.69 Å². The van der Waals surface area contributed by atoms with Gasteiger partial charge in [0.2, 0.25) is 0 Å². The number of hydrogen-bond donors (Lipinski definition) is 0. The van der Waals surface area contributed by atoms with Crippen LogP contribution in [0.15, 0.2) is 42.5 Å². The molecule has 0 saturated carbocycles. The summed E-state index contributed by atoms with van der Waals surface area (Å²) in [6, 6.07) is 12.0. The third-order valence-electron chi connectivity index (χ3n) is 3.17. The Labute approximate surface area is 122 Å². The van der Waals surface area contributed by atoms with E-state index in [1.165, 1.54) is 18.2 Å². The zero-order chi connectivity index (χ0) is 15.4. The monoisotopic (exact) mass is 285 g/mol. The summed E-state index contributed by atoms with van der Waals surface area (Å²) in [5, 5.41) is 10.9. The van der Waals surface area contributed by atoms with Gasteiger partial charge in [0.1, 0.15) is 6.61 Å². The van der Waals surface area contributed by atoms with E-state index in [1.807, 2.05) is 31.2 Å². The van der Waals surface area contributed by atoms with Gasteiger partial charge in [-0.05, 0) is 25.5 Å². The average molecular weight is 285 g/mol. The van der Waals surface area contributed by atoms with Gasteiger partial charge in [-0.25, -0.2) is 4.79 Å². The first-order valence-corrected chi connectivity index (χ1v) is 6.45. The molecular formula is C16H15NO4. The first kappa shape index (κ1) is 14.7. The fraction of sp³-hybridized carbons (Fsp3) is 0.188. The highest BCUT2D eigenvalue weighted by Gasteiger charge is 2.18. The minimum Gasteiger partial charge on any atom is -0.457 e. The number of carbonyl (C=O) groups excluding carboxylic acids is 1. The average Bonchev–Trinajstić information content (AvgIpc) is 2.45. The topological polar surface area (TPSA) is 69.4 Å². The zero-order valence-corrected chi connectivity index (χ0v) is 11.8. The first-order chi connectivity index (χ1) is 9.99. The molecule has 2 aromatic rings. The Bertz CT molecular complexity index is 694. The smallest absolute Gasteiger partial charge is 0.338 e. The molecule has 2 aromatic carbocycles. The van der Waals surface area contributed by atoms with Crippen LogP contribution < -0.4 is 0 Å². The molecule has 0 bridgehead atoms. The molecule has 0 unspecified atom stereocenters. The molecule has 0 saturated heterocycles. The lowest BCUT2D eigenvalue weighted by molar-refractivity contribution is -0.385. The summed E-state index contributed by atoms with van der Waals surface area (Å²) in [5.41, 5.74) is 2.41. The second-order valence-electron chi connectivity index (χ2n) is 4.77. The van der Waals surface area contributed by atoms with E-state index in [0.717, 1.165) is 11.1 Å². The molecule has 2 rings (SSSR count). The van der Waals surface area contributed by atoms with Gasteiger partial charge in [-0.2, -0.15) is 0 Å². The number of rotatable bonds is 4. The van der Waals surface area contributed by atoms with Gasteiger partial charge in [-0.1, -0.05) is 35.9 Å². The van der Waals surface area contributed by atoms with Crippen molar-refractivity contribution in [1.29, 1.82) is 0 Å². The second kappa shape index (κ2) is 6.17. The van der Waals surface area contributed by atoms with Crippen LogP contribution in [0.2, 0.25) is 0 Å². The van der Waals surface area contributed by atoms with E-state index in [0.29, 0.717) is 5.56 Å². The molecule has 0 atom stereocenters. The second-order valence-corrected chi connectivity index (χ2v) is 4.77. The van der Waals surface area contributed by atoms with Crippen molar-refractivity contribution >= 4 is 11.7 Å². The quantitative estimate of drug-likeness (QED) is 0.489. The van der Waals surface area contributed by atoms with Gasteiger partial charge >= 0.3 is 5.97 Å². The molecule has 0 amide bonds. The molecule has 0 aliphatic rings. The summed E-state index contributed by atoms with van der Waals surface area (Å²) in [6.45, 7) is 3.64. The van der Waals surface area contributed by atoms with Gasteiger partial charge < -0.3 is 4.74 Å². The summed E-state index contributed by atoms with van der Waals surface area (Å²) in [6.07, 6.45) is 0. The van der Waals surface area contributed by atoms with Crippen LogP contribution in [0.1, 0.15) is 27.0 Å². The third kappa shape index (κ3) is 3.45. The summed E-state index contributed by atoms with van der Waals surface area (Å²) in [4.78, 5) is 22.4. The largest absolute Gasteiger partial charge is 0.457 e. The number of ether oxygens (including phenoxy) is 1. The van der Waals surface area contributed by atoms with Crippen molar-refractivity contribution in [3.8, 4) is 0 Å². The molecule has 0 N–H and O–H groups in total. The van der Waals surface area contributed by atoms with Gasteiger partial charge in [-0.15, -0.1) is 0 Å². The number of aryl methyl sites for hydroxylation is 1. The molecule has 5 heteroatoms. The van der Waals surface area contributed by atoms with Gasteiger partial charge in [0.05, 0.1) is 10.5 Å². The van der Waals surface area contributed by atoms with E-state index < -0.39 is 10.9 Å². The molecular weight excluding hydrogens is 270 g/mol. The van der Waals surface area contributed by atoms with Crippen LogP contribution in [0.25, 0.3) is 0 Å². The fourth-order valence-corrected chi connectivity index (χ4v) is 2.07. The van der Waals surface area contributed by atoms with E-state index in [-0.39, 0.29) is 17.9 Å². The lowest BCUT2D eigenvalue weighted by atomic mass is 10.1. The van der Waals surface area contributed by atoms with Crippen molar-refractivity contribution < 1.29 is 14.5 Å². The Balaban J connectivity index is 2.14. The number of nitro benzene ring substituents is 1. The highest BCUT2D eigenvalue weighted by molar-refractivity contribution is 5.92. The van der Waals surface area contributed by atoms with Crippen LogP contribution in [0, 0.1) is 24.0 Å². The van der Waals surface area contributed by atoms with Crippen LogP contribution in [-0.2, 0) is 11.3 Å². The Kier molecular flexibility index (Phi) is 4.33. The molecule has 0 fully saturated rings. The molecule has 0 aromatic heterocycles. The van der Waals surface area contributed by atoms with Crippen molar-refractivity contribution in [2.75, 3.05) is 0 Å². The van der Waals surface area contributed by atoms with Gasteiger partial charge in [0, 0.05) is 11.6 Å². The molecule has 108 valence electrons. The van der Waals surface area contributed by atoms with Crippen molar-refractivity contribution in [3.63, 3.8) is 0 Å². The summed E-state index contributed by atoms with van der Waals surface area (Å²) in [7, 11) is 0. The van der Waals surface area contributed by atoms with Crippen molar-refractivity contribution in [2.45, 2.75) is 20.5 Å². The maximum Gasteiger partial charge on any atom is 0.338 e. The van der Waals surface area contributed by atoms with Gasteiger partial charge in [0.25, 0.3) is 5.69 Å². The number of nitrogens with zero attached hydrogens (tertiary/aromatic N) is 1. The highest BCUT2D eigenvalue weighted by Crippen LogP contribution is 2.22. The summed E-state index contributed by atoms with van der Waals surface area (Å²) < 4.78 is 5.22. The first-order valence-electron chi connectivity index (χ1n) is 6.45. The van der Waals surface area contributed by atoms with E-state index in [4.69, 9.17) is 4.74 Å². The number of nitro groups is 1. The molecule has 0 spiro atoms. The number of esters is 1. The van der Waals surface area contributed by atoms with E-state index in [9.17, 15) is 14.9 Å². The maximum absolute atomic E-state index is 12.1. The Morgan fingerprint density at radius 1 is 1.19 bits per heavy atom. The number of hydrogen-bond acceptors (Lipinski definition) is 4. The molecule has 0 heterocycles. The predicted octanol–water partition coefficient (Wildman–Crippen LogP) is 3.57. The van der Waals surface area contributed by atoms with Gasteiger partial charge in [-0.3, -0.25) is 10.1 Å². The highest BCUT2D eigenvalue weighted by atomic mass is 16.6. The third-order valence-corrected chi connectivity index (χ3v) is 3.17. The summed E-state index contributed by atoms with van der Waals surface area (Å²) in [5.74, 6) is -0.558.